The van der Waals surface area contributed by atoms with Crippen LogP contribution in [0, 0.1) is 11.6 Å². The molecule has 3 nitrogen and oxygen atoms in total. The van der Waals surface area contributed by atoms with Crippen LogP contribution in [-0.2, 0) is 4.79 Å². The molecule has 1 unspecified atom stereocenters. The number of carbonyl (C=O) groups is 1. The number of halogens is 3. The van der Waals surface area contributed by atoms with Gasteiger partial charge in [-0.2, -0.15) is 0 Å². The van der Waals surface area contributed by atoms with E-state index < -0.39 is 17.4 Å². The van der Waals surface area contributed by atoms with Gasteiger partial charge in [0.25, 0.3) is 0 Å². The summed E-state index contributed by atoms with van der Waals surface area (Å²) >= 11 is 3.31. The zero-order valence-electron chi connectivity index (χ0n) is 9.04. The van der Waals surface area contributed by atoms with Gasteiger partial charge in [0.15, 0.2) is 17.4 Å². The van der Waals surface area contributed by atoms with E-state index in [1.54, 1.807) is 0 Å². The molecule has 1 aliphatic rings. The molecule has 0 radical (unpaired) electrons. The Morgan fingerprint density at radius 1 is 1.41 bits per heavy atom. The van der Waals surface area contributed by atoms with Gasteiger partial charge in [-0.3, -0.25) is 4.79 Å². The molecular formula is C11H10BrF2NO2. The first-order valence-corrected chi connectivity index (χ1v) is 5.92. The minimum absolute atomic E-state index is 0.0169. The van der Waals surface area contributed by atoms with Crippen LogP contribution in [-0.4, -0.2) is 24.4 Å². The molecule has 92 valence electrons. The first kappa shape index (κ1) is 12.3. The van der Waals surface area contributed by atoms with Gasteiger partial charge in [-0.25, -0.2) is 8.78 Å². The van der Waals surface area contributed by atoms with Gasteiger partial charge in [0.05, 0.1) is 7.11 Å². The summed E-state index contributed by atoms with van der Waals surface area (Å²) in [4.78, 5) is 13.0. The minimum atomic E-state index is -0.812. The van der Waals surface area contributed by atoms with Crippen molar-refractivity contribution in [2.45, 2.75) is 11.2 Å². The molecule has 0 N–H and O–H groups in total. The zero-order valence-corrected chi connectivity index (χ0v) is 10.6. The van der Waals surface area contributed by atoms with E-state index in [1.807, 2.05) is 0 Å². The lowest BCUT2D eigenvalue weighted by atomic mass is 10.2. The maximum Gasteiger partial charge on any atom is 0.228 e. The number of hydrogen-bond donors (Lipinski definition) is 0. The number of amides is 1. The monoisotopic (exact) mass is 305 g/mol. The molecule has 2 rings (SSSR count). The lowest BCUT2D eigenvalue weighted by Gasteiger charge is -2.17. The molecule has 1 amide bonds. The van der Waals surface area contributed by atoms with Gasteiger partial charge in [-0.1, -0.05) is 15.9 Å². The van der Waals surface area contributed by atoms with E-state index in [2.05, 4.69) is 20.7 Å². The van der Waals surface area contributed by atoms with Crippen LogP contribution in [0.15, 0.2) is 12.1 Å². The number of hydrogen-bond acceptors (Lipinski definition) is 2. The SMILES string of the molecule is COc1c(F)cc(N2CC(Br)CC2=O)cc1F. The topological polar surface area (TPSA) is 29.5 Å². The maximum atomic E-state index is 13.5. The number of nitrogens with zero attached hydrogens (tertiary/aromatic N) is 1. The first-order chi connectivity index (χ1) is 8.02. The van der Waals surface area contributed by atoms with Gasteiger partial charge in [0, 0.05) is 35.6 Å². The zero-order chi connectivity index (χ0) is 12.6. The average molecular weight is 306 g/mol. The van der Waals surface area contributed by atoms with Gasteiger partial charge in [-0.15, -0.1) is 0 Å². The highest BCUT2D eigenvalue weighted by atomic mass is 79.9. The lowest BCUT2D eigenvalue weighted by Crippen LogP contribution is -2.24. The second kappa shape index (κ2) is 4.60. The Morgan fingerprint density at radius 2 is 2.00 bits per heavy atom. The Bertz CT molecular complexity index is 444. The summed E-state index contributed by atoms with van der Waals surface area (Å²) in [6, 6.07) is 2.20. The predicted molar refractivity (Wildman–Crippen MR) is 62.6 cm³/mol. The third-order valence-electron chi connectivity index (χ3n) is 2.58. The Hall–Kier alpha value is -1.17. The molecule has 1 heterocycles. The third-order valence-corrected chi connectivity index (χ3v) is 3.19. The van der Waals surface area contributed by atoms with Gasteiger partial charge < -0.3 is 9.64 Å². The molecule has 17 heavy (non-hydrogen) atoms. The Labute approximate surface area is 105 Å². The summed E-state index contributed by atoms with van der Waals surface area (Å²) in [7, 11) is 1.19. The van der Waals surface area contributed by atoms with Crippen molar-refractivity contribution >= 4 is 27.5 Å². The molecule has 0 aromatic heterocycles. The number of rotatable bonds is 2. The number of alkyl halides is 1. The van der Waals surface area contributed by atoms with Crippen molar-refractivity contribution in [2.75, 3.05) is 18.6 Å². The Morgan fingerprint density at radius 3 is 2.41 bits per heavy atom. The van der Waals surface area contributed by atoms with E-state index in [4.69, 9.17) is 0 Å². The largest absolute Gasteiger partial charge is 0.491 e. The van der Waals surface area contributed by atoms with Gasteiger partial charge >= 0.3 is 0 Å². The molecule has 0 spiro atoms. The van der Waals surface area contributed by atoms with Crippen molar-refractivity contribution in [3.05, 3.63) is 23.8 Å². The van der Waals surface area contributed by atoms with Crippen LogP contribution < -0.4 is 9.64 Å². The molecule has 0 aliphatic carbocycles. The summed E-state index contributed by atoms with van der Waals surface area (Å²) in [5.74, 6) is -2.21. The molecule has 1 aliphatic heterocycles. The highest BCUT2D eigenvalue weighted by Crippen LogP contribution is 2.31. The number of carbonyl (C=O) groups excluding carboxylic acids is 1. The minimum Gasteiger partial charge on any atom is -0.491 e. The fourth-order valence-electron chi connectivity index (χ4n) is 1.81. The van der Waals surface area contributed by atoms with E-state index in [9.17, 15) is 13.6 Å². The quantitative estimate of drug-likeness (QED) is 0.786. The number of anilines is 1. The number of methoxy groups -OCH3 is 1. The van der Waals surface area contributed by atoms with E-state index in [0.717, 1.165) is 12.1 Å². The molecule has 1 saturated heterocycles. The molecule has 1 aromatic rings. The van der Waals surface area contributed by atoms with Crippen LogP contribution >= 0.6 is 15.9 Å². The highest BCUT2D eigenvalue weighted by Gasteiger charge is 2.30. The van der Waals surface area contributed by atoms with E-state index >= 15 is 0 Å². The third kappa shape index (κ3) is 2.26. The molecule has 1 aromatic carbocycles. The van der Waals surface area contributed by atoms with Crippen LogP contribution in [0.3, 0.4) is 0 Å². The second-order valence-electron chi connectivity index (χ2n) is 3.75. The smallest absolute Gasteiger partial charge is 0.228 e. The number of benzene rings is 1. The van der Waals surface area contributed by atoms with Crippen LogP contribution in [0.25, 0.3) is 0 Å². The lowest BCUT2D eigenvalue weighted by molar-refractivity contribution is -0.117. The number of ether oxygens (including phenoxy) is 1. The summed E-state index contributed by atoms with van der Waals surface area (Å²) in [5.41, 5.74) is 0.216. The van der Waals surface area contributed by atoms with Gasteiger partial charge in [0.1, 0.15) is 0 Å². The van der Waals surface area contributed by atoms with Crippen molar-refractivity contribution in [2.24, 2.45) is 0 Å². The standard InChI is InChI=1S/C11H10BrF2NO2/c1-17-11-8(13)3-7(4-9(11)14)15-5-6(12)2-10(15)16/h3-4,6H,2,5H2,1H3. The molecule has 0 bridgehead atoms. The van der Waals surface area contributed by atoms with Crippen LogP contribution in [0.4, 0.5) is 14.5 Å². The van der Waals surface area contributed by atoms with Crippen LogP contribution in [0.5, 0.6) is 5.75 Å². The summed E-state index contributed by atoms with van der Waals surface area (Å²) < 4.78 is 31.5. The van der Waals surface area contributed by atoms with E-state index in [-0.39, 0.29) is 16.4 Å². The van der Waals surface area contributed by atoms with Crippen molar-refractivity contribution in [3.63, 3.8) is 0 Å². The average Bonchev–Trinajstić information content (AvgIpc) is 2.57. The fraction of sp³-hybridized carbons (Fsp3) is 0.364. The van der Waals surface area contributed by atoms with Crippen LogP contribution in [0.2, 0.25) is 0 Å². The second-order valence-corrected chi connectivity index (χ2v) is 5.04. The molecule has 1 fully saturated rings. The first-order valence-electron chi connectivity index (χ1n) is 5.00. The molecule has 1 atom stereocenters. The normalized spacial score (nSPS) is 19.9. The Balaban J connectivity index is 2.37. The van der Waals surface area contributed by atoms with Crippen molar-refractivity contribution in [1.29, 1.82) is 0 Å². The predicted octanol–water partition coefficient (Wildman–Crippen LogP) is 2.47. The van der Waals surface area contributed by atoms with Crippen molar-refractivity contribution in [1.82, 2.24) is 0 Å². The summed E-state index contributed by atoms with van der Waals surface area (Å²) in [6.45, 7) is 0.407. The van der Waals surface area contributed by atoms with Crippen molar-refractivity contribution < 1.29 is 18.3 Å². The van der Waals surface area contributed by atoms with E-state index in [1.165, 1.54) is 12.0 Å². The molecule has 6 heteroatoms. The Kier molecular flexibility index (Phi) is 3.33. The van der Waals surface area contributed by atoms with E-state index in [0.29, 0.717) is 13.0 Å². The van der Waals surface area contributed by atoms with Crippen LogP contribution in [0.1, 0.15) is 6.42 Å². The fourth-order valence-corrected chi connectivity index (χ4v) is 2.38. The maximum absolute atomic E-state index is 13.5. The summed E-state index contributed by atoms with van der Waals surface area (Å²) in [5, 5.41) is 0. The van der Waals surface area contributed by atoms with Gasteiger partial charge in [-0.05, 0) is 0 Å². The van der Waals surface area contributed by atoms with Crippen molar-refractivity contribution in [3.8, 4) is 5.75 Å². The molecular weight excluding hydrogens is 296 g/mol. The van der Waals surface area contributed by atoms with Gasteiger partial charge in [0.2, 0.25) is 5.91 Å². The summed E-state index contributed by atoms with van der Waals surface area (Å²) in [6.07, 6.45) is 0.329. The molecule has 0 saturated carbocycles. The highest BCUT2D eigenvalue weighted by molar-refractivity contribution is 9.09.